The molecule has 18 heavy (non-hydrogen) atoms. The fourth-order valence-electron chi connectivity index (χ4n) is 2.14. The van der Waals surface area contributed by atoms with Crippen LogP contribution in [0.15, 0.2) is 46.2 Å². The summed E-state index contributed by atoms with van der Waals surface area (Å²) in [6.07, 6.45) is 0. The lowest BCUT2D eigenvalue weighted by molar-refractivity contribution is 0.676. The minimum Gasteiger partial charge on any atom is -0.240 e. The van der Waals surface area contributed by atoms with Crippen LogP contribution in [-0.2, 0) is 19.7 Å². The van der Waals surface area contributed by atoms with Crippen LogP contribution < -0.4 is 0 Å². The fraction of sp³-hybridized carbons (Fsp3) is 0.143. The zero-order valence-electron chi connectivity index (χ0n) is 10.1. The topological polar surface area (TPSA) is 34.1 Å². The van der Waals surface area contributed by atoms with E-state index in [1.165, 1.54) is 0 Å². The summed E-state index contributed by atoms with van der Waals surface area (Å²) < 4.78 is 24.5. The molecule has 1 aliphatic heterocycles. The standard InChI is InChI=1S/C14H12O2S2/c1-9-3-5-11-12-6-4-10(2)8-14(12)18(16)17(15)13(11)7-9/h3-8H,1-2H3. The maximum absolute atomic E-state index is 12.3. The molecule has 0 radical (unpaired) electrons. The SMILES string of the molecule is Cc1ccc2c(c1)S(=O)S(=O)c1cc(C)ccc1-2. The first-order chi connectivity index (χ1) is 8.58. The van der Waals surface area contributed by atoms with Gasteiger partial charge in [0.05, 0.1) is 9.79 Å². The molecule has 0 fully saturated rings. The number of benzene rings is 2. The van der Waals surface area contributed by atoms with E-state index in [-0.39, 0.29) is 0 Å². The van der Waals surface area contributed by atoms with Crippen LogP contribution in [0.4, 0.5) is 0 Å². The zero-order valence-corrected chi connectivity index (χ0v) is 11.7. The fourth-order valence-corrected chi connectivity index (χ4v) is 5.55. The van der Waals surface area contributed by atoms with E-state index in [0.717, 1.165) is 22.3 Å². The zero-order chi connectivity index (χ0) is 12.9. The van der Waals surface area contributed by atoms with Gasteiger partial charge in [0.2, 0.25) is 0 Å². The Morgan fingerprint density at radius 2 is 1.11 bits per heavy atom. The molecule has 2 aromatic carbocycles. The van der Waals surface area contributed by atoms with Crippen LogP contribution in [0.1, 0.15) is 11.1 Å². The quantitative estimate of drug-likeness (QED) is 0.693. The van der Waals surface area contributed by atoms with E-state index in [4.69, 9.17) is 0 Å². The molecule has 0 bridgehead atoms. The van der Waals surface area contributed by atoms with Crippen LogP contribution in [0.2, 0.25) is 0 Å². The molecule has 0 aliphatic carbocycles. The summed E-state index contributed by atoms with van der Waals surface area (Å²) in [5.74, 6) is 0. The molecule has 0 aromatic heterocycles. The van der Waals surface area contributed by atoms with Gasteiger partial charge >= 0.3 is 0 Å². The molecule has 0 saturated carbocycles. The summed E-state index contributed by atoms with van der Waals surface area (Å²) in [4.78, 5) is 1.37. The average molecular weight is 276 g/mol. The van der Waals surface area contributed by atoms with Gasteiger partial charge in [0.25, 0.3) is 0 Å². The average Bonchev–Trinajstić information content (AvgIpc) is 2.36. The first-order valence-electron chi connectivity index (χ1n) is 5.63. The summed E-state index contributed by atoms with van der Waals surface area (Å²) in [5.41, 5.74) is 3.95. The molecule has 0 spiro atoms. The smallest absolute Gasteiger partial charge is 0.148 e. The van der Waals surface area contributed by atoms with E-state index in [1.807, 2.05) is 50.2 Å². The lowest BCUT2D eigenvalue weighted by atomic mass is 10.0. The number of hydrogen-bond acceptors (Lipinski definition) is 2. The molecular weight excluding hydrogens is 264 g/mol. The van der Waals surface area contributed by atoms with Gasteiger partial charge in [0, 0.05) is 11.1 Å². The second-order valence-corrected chi connectivity index (χ2v) is 8.10. The first-order valence-corrected chi connectivity index (χ1v) is 8.45. The third-order valence-corrected chi connectivity index (χ3v) is 6.63. The van der Waals surface area contributed by atoms with Crippen LogP contribution in [0.5, 0.6) is 0 Å². The molecule has 1 heterocycles. The van der Waals surface area contributed by atoms with Gasteiger partial charge in [0.15, 0.2) is 0 Å². The van der Waals surface area contributed by atoms with Gasteiger partial charge in [-0.25, -0.2) is 8.42 Å². The molecule has 2 nitrogen and oxygen atoms in total. The van der Waals surface area contributed by atoms with E-state index in [2.05, 4.69) is 0 Å². The number of fused-ring (bicyclic) bond motifs is 3. The predicted octanol–water partition coefficient (Wildman–Crippen LogP) is 3.11. The normalized spacial score (nSPS) is 21.2. The highest BCUT2D eigenvalue weighted by Gasteiger charge is 2.28. The Labute approximate surface area is 110 Å². The molecule has 0 saturated heterocycles. The molecule has 0 amide bonds. The van der Waals surface area contributed by atoms with E-state index >= 15 is 0 Å². The second-order valence-electron chi connectivity index (χ2n) is 4.47. The summed E-state index contributed by atoms with van der Waals surface area (Å²) in [5, 5.41) is 0. The summed E-state index contributed by atoms with van der Waals surface area (Å²) in [6.45, 7) is 3.90. The number of rotatable bonds is 0. The van der Waals surface area contributed by atoms with Gasteiger partial charge in [-0.2, -0.15) is 0 Å². The minimum atomic E-state index is -1.47. The number of aryl methyl sites for hydroxylation is 2. The Bertz CT molecular complexity index is 643. The lowest BCUT2D eigenvalue weighted by Gasteiger charge is -2.19. The van der Waals surface area contributed by atoms with Crippen molar-refractivity contribution < 1.29 is 8.42 Å². The Balaban J connectivity index is 2.38. The molecule has 2 aromatic rings. The summed E-state index contributed by atoms with van der Waals surface area (Å²) in [6, 6.07) is 11.7. The van der Waals surface area contributed by atoms with Gasteiger partial charge < -0.3 is 0 Å². The predicted molar refractivity (Wildman–Crippen MR) is 74.2 cm³/mol. The summed E-state index contributed by atoms with van der Waals surface area (Å²) >= 11 is 0. The van der Waals surface area contributed by atoms with Crippen LogP contribution in [0.3, 0.4) is 0 Å². The monoisotopic (exact) mass is 276 g/mol. The van der Waals surface area contributed by atoms with Crippen molar-refractivity contribution in [1.82, 2.24) is 0 Å². The van der Waals surface area contributed by atoms with Gasteiger partial charge in [0.1, 0.15) is 19.7 Å². The third-order valence-electron chi connectivity index (χ3n) is 3.06. The largest absolute Gasteiger partial charge is 0.240 e. The molecule has 2 atom stereocenters. The molecule has 2 unspecified atom stereocenters. The van der Waals surface area contributed by atoms with Gasteiger partial charge in [-0.1, -0.05) is 24.3 Å². The van der Waals surface area contributed by atoms with Crippen molar-refractivity contribution in [2.75, 3.05) is 0 Å². The Hall–Kier alpha value is -1.26. The van der Waals surface area contributed by atoms with Crippen LogP contribution >= 0.6 is 0 Å². The van der Waals surface area contributed by atoms with Crippen LogP contribution in [0, 0.1) is 13.8 Å². The molecule has 3 rings (SSSR count). The first kappa shape index (κ1) is 11.8. The van der Waals surface area contributed by atoms with Crippen molar-refractivity contribution in [3.63, 3.8) is 0 Å². The highest BCUT2D eigenvalue weighted by Crippen LogP contribution is 2.39. The van der Waals surface area contributed by atoms with E-state index in [0.29, 0.717) is 9.79 Å². The third kappa shape index (κ3) is 1.68. The maximum atomic E-state index is 12.3. The van der Waals surface area contributed by atoms with Gasteiger partial charge in [-0.05, 0) is 37.1 Å². The van der Waals surface area contributed by atoms with Crippen molar-refractivity contribution in [3.05, 3.63) is 47.5 Å². The highest BCUT2D eigenvalue weighted by molar-refractivity contribution is 8.61. The van der Waals surface area contributed by atoms with Crippen molar-refractivity contribution in [2.45, 2.75) is 23.6 Å². The molecule has 0 N–H and O–H groups in total. The Morgan fingerprint density at radius 1 is 0.722 bits per heavy atom. The van der Waals surface area contributed by atoms with E-state index in [1.54, 1.807) is 0 Å². The Morgan fingerprint density at radius 3 is 1.50 bits per heavy atom. The molecule has 1 aliphatic rings. The minimum absolute atomic E-state index is 0.685. The van der Waals surface area contributed by atoms with Gasteiger partial charge in [-0.3, -0.25) is 0 Å². The maximum Gasteiger partial charge on any atom is 0.148 e. The van der Waals surface area contributed by atoms with Crippen LogP contribution in [-0.4, -0.2) is 8.42 Å². The molecule has 4 heteroatoms. The van der Waals surface area contributed by atoms with E-state index < -0.39 is 19.7 Å². The van der Waals surface area contributed by atoms with Crippen molar-refractivity contribution >= 4 is 19.7 Å². The van der Waals surface area contributed by atoms with Crippen molar-refractivity contribution in [2.24, 2.45) is 0 Å². The van der Waals surface area contributed by atoms with Crippen molar-refractivity contribution in [1.29, 1.82) is 0 Å². The highest BCUT2D eigenvalue weighted by atomic mass is 33.1. The Kier molecular flexibility index (Phi) is 2.72. The van der Waals surface area contributed by atoms with Crippen LogP contribution in [0.25, 0.3) is 11.1 Å². The number of hydrogen-bond donors (Lipinski definition) is 0. The lowest BCUT2D eigenvalue weighted by Crippen LogP contribution is -2.10. The van der Waals surface area contributed by atoms with E-state index in [9.17, 15) is 8.42 Å². The molecular formula is C14H12O2S2. The molecule has 92 valence electrons. The second kappa shape index (κ2) is 4.14. The van der Waals surface area contributed by atoms with Crippen molar-refractivity contribution in [3.8, 4) is 11.1 Å². The summed E-state index contributed by atoms with van der Waals surface area (Å²) in [7, 11) is -2.94. The van der Waals surface area contributed by atoms with Gasteiger partial charge in [-0.15, -0.1) is 0 Å².